The molecule has 4 heteroatoms. The van der Waals surface area contributed by atoms with Gasteiger partial charge < -0.3 is 15.1 Å². The highest BCUT2D eigenvalue weighted by Crippen LogP contribution is 2.35. The van der Waals surface area contributed by atoms with Gasteiger partial charge in [0.1, 0.15) is 5.92 Å². The fraction of sp³-hybridized carbons (Fsp3) is 0.409. The molecule has 0 saturated heterocycles. The molecule has 2 N–H and O–H groups in total. The van der Waals surface area contributed by atoms with Crippen LogP contribution in [-0.4, -0.2) is 46.3 Å². The summed E-state index contributed by atoms with van der Waals surface area (Å²) in [6, 6.07) is 18.7. The third kappa shape index (κ3) is 5.16. The number of carbonyl (C=O) groups is 1. The molecule has 0 aliphatic carbocycles. The molecule has 4 nitrogen and oxygen atoms in total. The van der Waals surface area contributed by atoms with E-state index in [1.807, 2.05) is 48.5 Å². The van der Waals surface area contributed by atoms with Gasteiger partial charge in [0.25, 0.3) is 0 Å². The molecule has 0 saturated carbocycles. The number of carboxylic acid groups (broad SMARTS) is 1. The van der Waals surface area contributed by atoms with Gasteiger partial charge in [-0.2, -0.15) is 0 Å². The molecule has 2 aromatic carbocycles. The maximum absolute atomic E-state index is 12.1. The largest absolute Gasteiger partial charge is 0.481 e. The minimum Gasteiger partial charge on any atom is -0.481 e. The molecule has 0 amide bonds. The van der Waals surface area contributed by atoms with Crippen LogP contribution in [0.25, 0.3) is 0 Å². The molecule has 2 rings (SSSR count). The van der Waals surface area contributed by atoms with Crippen molar-refractivity contribution < 1.29 is 15.0 Å². The number of aliphatic carboxylic acids is 1. The summed E-state index contributed by atoms with van der Waals surface area (Å²) in [7, 11) is 0. The molecule has 0 radical (unpaired) electrons. The van der Waals surface area contributed by atoms with Crippen molar-refractivity contribution in [2.75, 3.05) is 19.6 Å². The molecule has 0 aliphatic rings. The lowest BCUT2D eigenvalue weighted by Crippen LogP contribution is -2.45. The summed E-state index contributed by atoms with van der Waals surface area (Å²) in [6.45, 7) is 6.56. The van der Waals surface area contributed by atoms with Crippen LogP contribution in [0.1, 0.15) is 37.3 Å². The first-order chi connectivity index (χ1) is 12.5. The summed E-state index contributed by atoms with van der Waals surface area (Å²) < 4.78 is 0. The highest BCUT2D eigenvalue weighted by atomic mass is 16.4. The van der Waals surface area contributed by atoms with Crippen molar-refractivity contribution in [1.82, 2.24) is 4.90 Å². The van der Waals surface area contributed by atoms with Gasteiger partial charge in [0.2, 0.25) is 0 Å². The van der Waals surface area contributed by atoms with Crippen LogP contribution >= 0.6 is 0 Å². The van der Waals surface area contributed by atoms with Crippen molar-refractivity contribution in [1.29, 1.82) is 0 Å². The summed E-state index contributed by atoms with van der Waals surface area (Å²) in [5.41, 5.74) is 0.214. The van der Waals surface area contributed by atoms with Crippen molar-refractivity contribution in [3.63, 3.8) is 0 Å². The average molecular weight is 355 g/mol. The minimum atomic E-state index is -1.36. The van der Waals surface area contributed by atoms with Crippen LogP contribution in [0.5, 0.6) is 0 Å². The van der Waals surface area contributed by atoms with Gasteiger partial charge in [-0.1, -0.05) is 74.5 Å². The number of hydrogen-bond donors (Lipinski definition) is 2. The Morgan fingerprint density at radius 3 is 2.04 bits per heavy atom. The summed E-state index contributed by atoms with van der Waals surface area (Å²) >= 11 is 0. The van der Waals surface area contributed by atoms with Gasteiger partial charge in [-0.15, -0.1) is 0 Å². The number of rotatable bonds is 10. The quantitative estimate of drug-likeness (QED) is 0.684. The number of aliphatic hydroxyl groups is 1. The van der Waals surface area contributed by atoms with Crippen LogP contribution in [0.15, 0.2) is 60.7 Å². The summed E-state index contributed by atoms with van der Waals surface area (Å²) in [6.07, 6.45) is 0.705. The summed E-state index contributed by atoms with van der Waals surface area (Å²) in [5, 5.41) is 21.5. The molecule has 0 bridgehead atoms. The maximum atomic E-state index is 12.1. The second-order valence-corrected chi connectivity index (χ2v) is 6.72. The van der Waals surface area contributed by atoms with Crippen LogP contribution in [0.2, 0.25) is 0 Å². The topological polar surface area (TPSA) is 60.8 Å². The number of hydrogen-bond acceptors (Lipinski definition) is 3. The van der Waals surface area contributed by atoms with Crippen LogP contribution < -0.4 is 0 Å². The molecule has 0 aliphatic heterocycles. The summed E-state index contributed by atoms with van der Waals surface area (Å²) in [5.74, 6) is -1.96. The lowest BCUT2D eigenvalue weighted by Gasteiger charge is -2.36. The van der Waals surface area contributed by atoms with Crippen LogP contribution in [-0.2, 0) is 11.2 Å². The monoisotopic (exact) mass is 355 g/mol. The zero-order chi connectivity index (χ0) is 19.0. The Balaban J connectivity index is 2.37. The summed E-state index contributed by atoms with van der Waals surface area (Å²) in [4.78, 5) is 14.4. The van der Waals surface area contributed by atoms with Crippen molar-refractivity contribution in [2.45, 2.75) is 38.2 Å². The van der Waals surface area contributed by atoms with Crippen LogP contribution in [0.3, 0.4) is 0 Å². The van der Waals surface area contributed by atoms with E-state index in [-0.39, 0.29) is 0 Å². The lowest BCUT2D eigenvalue weighted by molar-refractivity contribution is -0.146. The van der Waals surface area contributed by atoms with Gasteiger partial charge in [0.15, 0.2) is 0 Å². The molecular formula is C22H29NO3. The Morgan fingerprint density at radius 2 is 1.54 bits per heavy atom. The first kappa shape index (κ1) is 20.1. The highest BCUT2D eigenvalue weighted by Gasteiger charge is 2.42. The van der Waals surface area contributed by atoms with Crippen molar-refractivity contribution in [3.05, 3.63) is 71.8 Å². The zero-order valence-corrected chi connectivity index (χ0v) is 15.6. The van der Waals surface area contributed by atoms with E-state index < -0.39 is 17.5 Å². The number of nitrogens with zero attached hydrogens (tertiary/aromatic N) is 1. The maximum Gasteiger partial charge on any atom is 0.313 e. The van der Waals surface area contributed by atoms with Gasteiger partial charge in [-0.3, -0.25) is 4.79 Å². The smallest absolute Gasteiger partial charge is 0.313 e. The molecule has 0 unspecified atom stereocenters. The normalized spacial score (nSPS) is 14.8. The van der Waals surface area contributed by atoms with E-state index in [4.69, 9.17) is 0 Å². The first-order valence-corrected chi connectivity index (χ1v) is 9.26. The van der Waals surface area contributed by atoms with E-state index in [1.165, 1.54) is 0 Å². The molecular weight excluding hydrogens is 326 g/mol. The Labute approximate surface area is 156 Å². The third-order valence-electron chi connectivity index (χ3n) is 5.03. The fourth-order valence-electron chi connectivity index (χ4n) is 3.50. The van der Waals surface area contributed by atoms with Gasteiger partial charge in [0.05, 0.1) is 5.60 Å². The van der Waals surface area contributed by atoms with Crippen molar-refractivity contribution >= 4 is 5.97 Å². The SMILES string of the molecule is CCN(CC)CC[C@@](O)(Cc1ccccc1)[C@@H](C(=O)O)c1ccccc1. The zero-order valence-electron chi connectivity index (χ0n) is 15.6. The molecule has 0 aromatic heterocycles. The molecule has 0 fully saturated rings. The minimum absolute atomic E-state index is 0.307. The van der Waals surface area contributed by atoms with E-state index in [1.54, 1.807) is 12.1 Å². The second-order valence-electron chi connectivity index (χ2n) is 6.72. The predicted octanol–water partition coefficient (Wildman–Crippen LogP) is 3.56. The van der Waals surface area contributed by atoms with Gasteiger partial charge >= 0.3 is 5.97 Å². The molecule has 2 aromatic rings. The fourth-order valence-corrected chi connectivity index (χ4v) is 3.50. The molecule has 2 atom stereocenters. The van der Waals surface area contributed by atoms with Gasteiger partial charge in [0, 0.05) is 13.0 Å². The number of benzene rings is 2. The Bertz CT molecular complexity index is 670. The molecule has 0 heterocycles. The Kier molecular flexibility index (Phi) is 7.37. The van der Waals surface area contributed by atoms with E-state index in [0.717, 1.165) is 18.7 Å². The third-order valence-corrected chi connectivity index (χ3v) is 5.03. The van der Waals surface area contributed by atoms with E-state index >= 15 is 0 Å². The Morgan fingerprint density at radius 1 is 1.00 bits per heavy atom. The standard InChI is InChI=1S/C22H29NO3/c1-3-23(4-2)16-15-22(26,17-18-11-7-5-8-12-18)20(21(24)25)19-13-9-6-10-14-19/h5-14,20,26H,3-4,15-17H2,1-2H3,(H,24,25)/t20-,22-/m1/s1. The molecule has 0 spiro atoms. The lowest BCUT2D eigenvalue weighted by atomic mass is 9.76. The Hall–Kier alpha value is -2.17. The number of carboxylic acids is 1. The highest BCUT2D eigenvalue weighted by molar-refractivity contribution is 5.78. The van der Waals surface area contributed by atoms with E-state index in [9.17, 15) is 15.0 Å². The van der Waals surface area contributed by atoms with Crippen molar-refractivity contribution in [3.8, 4) is 0 Å². The van der Waals surface area contributed by atoms with Crippen LogP contribution in [0, 0.1) is 0 Å². The van der Waals surface area contributed by atoms with E-state index in [2.05, 4.69) is 18.7 Å². The molecule has 26 heavy (non-hydrogen) atoms. The predicted molar refractivity (Wildman–Crippen MR) is 104 cm³/mol. The van der Waals surface area contributed by atoms with Crippen LogP contribution in [0.4, 0.5) is 0 Å². The molecule has 140 valence electrons. The van der Waals surface area contributed by atoms with Gasteiger partial charge in [-0.25, -0.2) is 0 Å². The van der Waals surface area contributed by atoms with Gasteiger partial charge in [-0.05, 0) is 30.6 Å². The average Bonchev–Trinajstić information content (AvgIpc) is 2.64. The van der Waals surface area contributed by atoms with Crippen molar-refractivity contribution in [2.24, 2.45) is 0 Å². The van der Waals surface area contributed by atoms with E-state index in [0.29, 0.717) is 24.9 Å². The first-order valence-electron chi connectivity index (χ1n) is 9.26. The second kappa shape index (κ2) is 9.51.